The number of nitrogens with zero attached hydrogens (tertiary/aromatic N) is 2. The summed E-state index contributed by atoms with van der Waals surface area (Å²) in [7, 11) is 1.48. The van der Waals surface area contributed by atoms with E-state index in [9.17, 15) is 22.8 Å². The summed E-state index contributed by atoms with van der Waals surface area (Å²) in [5.74, 6) is 0.264. The second-order valence-electron chi connectivity index (χ2n) is 10.3. The van der Waals surface area contributed by atoms with Crippen molar-refractivity contribution in [3.05, 3.63) is 63.2 Å². The van der Waals surface area contributed by atoms with E-state index in [0.717, 1.165) is 16.6 Å². The van der Waals surface area contributed by atoms with Crippen LogP contribution in [0.25, 0.3) is 10.9 Å². The number of aromatic nitrogens is 2. The fourth-order valence-corrected chi connectivity index (χ4v) is 5.87. The van der Waals surface area contributed by atoms with E-state index in [1.54, 1.807) is 13.0 Å². The van der Waals surface area contributed by atoms with Gasteiger partial charge in [0.05, 0.1) is 31.3 Å². The van der Waals surface area contributed by atoms with Crippen LogP contribution in [-0.4, -0.2) is 52.8 Å². The summed E-state index contributed by atoms with van der Waals surface area (Å²) in [5.41, 5.74) is 2.89. The molecule has 2 N–H and O–H groups in total. The lowest BCUT2D eigenvalue weighted by Crippen LogP contribution is -2.46. The molecule has 7 nitrogen and oxygen atoms in total. The van der Waals surface area contributed by atoms with Crippen molar-refractivity contribution in [3.63, 3.8) is 0 Å². The van der Waals surface area contributed by atoms with Crippen molar-refractivity contribution in [3.8, 4) is 5.75 Å². The van der Waals surface area contributed by atoms with Crippen LogP contribution < -0.4 is 15.6 Å². The Kier molecular flexibility index (Phi) is 7.92. The van der Waals surface area contributed by atoms with Gasteiger partial charge in [0, 0.05) is 34.4 Å². The summed E-state index contributed by atoms with van der Waals surface area (Å²) in [6.07, 6.45) is -2.93. The Balaban J connectivity index is 1.60. The topological polar surface area (TPSA) is 79.4 Å². The smallest absolute Gasteiger partial charge is 0.401 e. The van der Waals surface area contributed by atoms with Crippen LogP contribution >= 0.6 is 0 Å². The Labute approximate surface area is 220 Å². The number of rotatable bonds is 7. The predicted molar refractivity (Wildman–Crippen MR) is 141 cm³/mol. The monoisotopic (exact) mass is 532 g/mol. The molecule has 1 amide bonds. The van der Waals surface area contributed by atoms with Gasteiger partial charge in [0.1, 0.15) is 5.75 Å². The number of aryl methyl sites for hydroxylation is 1. The Hall–Kier alpha value is -3.27. The number of benzene rings is 1. The van der Waals surface area contributed by atoms with Crippen LogP contribution in [0.4, 0.5) is 13.2 Å². The molecule has 0 aliphatic carbocycles. The van der Waals surface area contributed by atoms with Crippen molar-refractivity contribution >= 4 is 16.8 Å². The van der Waals surface area contributed by atoms with Gasteiger partial charge in [-0.15, -0.1) is 0 Å². The summed E-state index contributed by atoms with van der Waals surface area (Å²) in [5, 5.41) is 3.68. The molecule has 4 rings (SSSR count). The normalized spacial score (nSPS) is 19.5. The molecule has 0 bridgehead atoms. The Morgan fingerprint density at radius 1 is 1.26 bits per heavy atom. The number of hydrogen-bond donors (Lipinski definition) is 2. The Morgan fingerprint density at radius 3 is 2.63 bits per heavy atom. The van der Waals surface area contributed by atoms with Crippen LogP contribution in [0.5, 0.6) is 5.75 Å². The molecule has 1 aliphatic rings. The number of H-pyrrole nitrogens is 1. The van der Waals surface area contributed by atoms with Crippen molar-refractivity contribution in [1.29, 1.82) is 0 Å². The van der Waals surface area contributed by atoms with Crippen molar-refractivity contribution in [1.82, 2.24) is 19.8 Å². The van der Waals surface area contributed by atoms with E-state index < -0.39 is 12.7 Å². The molecule has 2 aromatic heterocycles. The number of fused-ring (bicyclic) bond motifs is 1. The molecular weight excluding hydrogens is 497 g/mol. The van der Waals surface area contributed by atoms with E-state index in [4.69, 9.17) is 4.74 Å². The number of para-hydroxylation sites is 1. The number of methoxy groups -OCH3 is 1. The minimum absolute atomic E-state index is 0.00129. The van der Waals surface area contributed by atoms with Crippen molar-refractivity contribution < 1.29 is 22.7 Å². The Bertz CT molecular complexity index is 1380. The standard InChI is InChI=1S/C28H35F3N4O3/c1-16-12-24(38-5)22(26(36)33-16)14-32-27(37)25-19(4)35(23-9-7-6-8-21(23)25)18(3)20-10-11-34(17(2)13-20)15-28(29,30)31/h6-9,12,17-18,20H,10-11,13-15H2,1-5H3,(H,32,37)(H,33,36). The summed E-state index contributed by atoms with van der Waals surface area (Å²) >= 11 is 0. The first kappa shape index (κ1) is 27.8. The maximum atomic E-state index is 13.5. The van der Waals surface area contributed by atoms with E-state index in [1.165, 1.54) is 12.0 Å². The van der Waals surface area contributed by atoms with Gasteiger partial charge in [-0.1, -0.05) is 18.2 Å². The van der Waals surface area contributed by atoms with Crippen molar-refractivity contribution in [2.24, 2.45) is 5.92 Å². The highest BCUT2D eigenvalue weighted by atomic mass is 19.4. The zero-order chi connectivity index (χ0) is 27.8. The van der Waals surface area contributed by atoms with Gasteiger partial charge in [0.2, 0.25) is 0 Å². The van der Waals surface area contributed by atoms with Gasteiger partial charge in [-0.2, -0.15) is 13.2 Å². The largest absolute Gasteiger partial charge is 0.496 e. The lowest BCUT2D eigenvalue weighted by molar-refractivity contribution is -0.154. The van der Waals surface area contributed by atoms with E-state index in [-0.39, 0.29) is 36.0 Å². The molecule has 3 heterocycles. The summed E-state index contributed by atoms with van der Waals surface area (Å²) < 4.78 is 46.4. The van der Waals surface area contributed by atoms with Crippen LogP contribution in [0.1, 0.15) is 60.0 Å². The number of carbonyl (C=O) groups is 1. The molecule has 1 aliphatic heterocycles. The third-order valence-corrected chi connectivity index (χ3v) is 7.78. The SMILES string of the molecule is COc1cc(C)[nH]c(=O)c1CNC(=O)c1c(C)n(C(C)C2CCN(CC(F)(F)F)C(C)C2)c2ccccc12. The van der Waals surface area contributed by atoms with Gasteiger partial charge in [0.25, 0.3) is 11.5 Å². The van der Waals surface area contributed by atoms with E-state index >= 15 is 0 Å². The molecule has 10 heteroatoms. The number of carbonyl (C=O) groups excluding carboxylic acids is 1. The average Bonchev–Trinajstić information content (AvgIpc) is 3.14. The number of halogens is 3. The maximum absolute atomic E-state index is 13.5. The van der Waals surface area contributed by atoms with Crippen LogP contribution in [0.15, 0.2) is 35.1 Å². The first-order chi connectivity index (χ1) is 17.9. The number of amides is 1. The number of likely N-dealkylation sites (tertiary alicyclic amines) is 1. The molecule has 206 valence electrons. The van der Waals surface area contributed by atoms with Gasteiger partial charge >= 0.3 is 6.18 Å². The van der Waals surface area contributed by atoms with Gasteiger partial charge in [-0.25, -0.2) is 0 Å². The number of hydrogen-bond acceptors (Lipinski definition) is 4. The minimum Gasteiger partial charge on any atom is -0.496 e. The fourth-order valence-electron chi connectivity index (χ4n) is 5.87. The van der Waals surface area contributed by atoms with Gasteiger partial charge in [-0.05, 0) is 65.1 Å². The molecule has 1 saturated heterocycles. The number of alkyl halides is 3. The second-order valence-corrected chi connectivity index (χ2v) is 10.3. The van der Waals surface area contributed by atoms with Gasteiger partial charge in [0.15, 0.2) is 0 Å². The number of piperidine rings is 1. The minimum atomic E-state index is -4.21. The van der Waals surface area contributed by atoms with Gasteiger partial charge in [-0.3, -0.25) is 14.5 Å². The van der Waals surface area contributed by atoms with Crippen molar-refractivity contribution in [2.75, 3.05) is 20.2 Å². The third kappa shape index (κ3) is 5.60. The fraction of sp³-hybridized carbons (Fsp3) is 0.500. The predicted octanol–water partition coefficient (Wildman–Crippen LogP) is 5.11. The first-order valence-corrected chi connectivity index (χ1v) is 12.9. The van der Waals surface area contributed by atoms with Crippen molar-refractivity contribution in [2.45, 2.75) is 65.3 Å². The average molecular weight is 533 g/mol. The molecule has 0 spiro atoms. The summed E-state index contributed by atoms with van der Waals surface area (Å²) in [6.45, 7) is 7.08. The zero-order valence-corrected chi connectivity index (χ0v) is 22.4. The quantitative estimate of drug-likeness (QED) is 0.443. The van der Waals surface area contributed by atoms with Crippen LogP contribution in [0.3, 0.4) is 0 Å². The number of aromatic amines is 1. The zero-order valence-electron chi connectivity index (χ0n) is 22.4. The molecule has 1 fully saturated rings. The second kappa shape index (κ2) is 10.8. The molecule has 0 saturated carbocycles. The summed E-state index contributed by atoms with van der Waals surface area (Å²) in [6, 6.07) is 9.15. The number of pyridine rings is 1. The molecule has 38 heavy (non-hydrogen) atoms. The van der Waals surface area contributed by atoms with E-state index in [0.29, 0.717) is 42.0 Å². The van der Waals surface area contributed by atoms with E-state index in [2.05, 4.69) is 21.8 Å². The molecule has 1 aromatic carbocycles. The lowest BCUT2D eigenvalue weighted by atomic mass is 9.86. The molecule has 3 atom stereocenters. The molecule has 3 aromatic rings. The Morgan fingerprint density at radius 2 is 1.97 bits per heavy atom. The third-order valence-electron chi connectivity index (χ3n) is 7.78. The van der Waals surface area contributed by atoms with Crippen LogP contribution in [-0.2, 0) is 6.54 Å². The lowest BCUT2D eigenvalue weighted by Gasteiger charge is -2.40. The maximum Gasteiger partial charge on any atom is 0.401 e. The van der Waals surface area contributed by atoms with E-state index in [1.807, 2.05) is 38.1 Å². The first-order valence-electron chi connectivity index (χ1n) is 12.9. The molecule has 3 unspecified atom stereocenters. The highest BCUT2D eigenvalue weighted by molar-refractivity contribution is 6.08. The molecular formula is C28H35F3N4O3. The molecule has 0 radical (unpaired) electrons. The van der Waals surface area contributed by atoms with Crippen LogP contribution in [0, 0.1) is 19.8 Å². The van der Waals surface area contributed by atoms with Gasteiger partial charge < -0.3 is 19.6 Å². The highest BCUT2D eigenvalue weighted by Crippen LogP contribution is 2.37. The number of ether oxygens (including phenoxy) is 1. The summed E-state index contributed by atoms with van der Waals surface area (Å²) in [4.78, 5) is 30.2. The highest BCUT2D eigenvalue weighted by Gasteiger charge is 2.37. The van der Waals surface area contributed by atoms with Crippen LogP contribution in [0.2, 0.25) is 0 Å². The number of nitrogens with one attached hydrogen (secondary N) is 2.